The van der Waals surface area contributed by atoms with Gasteiger partial charge in [0.25, 0.3) is 0 Å². The number of allylic oxidation sites excluding steroid dienone is 1. The molecule has 2 fully saturated rings. The van der Waals surface area contributed by atoms with Crippen LogP contribution in [-0.2, 0) is 30.2 Å². The van der Waals surface area contributed by atoms with Crippen LogP contribution in [0.15, 0.2) is 24.0 Å². The van der Waals surface area contributed by atoms with Crippen LogP contribution in [0.4, 0.5) is 0 Å². The van der Waals surface area contributed by atoms with Crippen molar-refractivity contribution in [1.29, 1.82) is 0 Å². The largest absolute Gasteiger partial charge is 0.501 e. The summed E-state index contributed by atoms with van der Waals surface area (Å²) in [4.78, 5) is 29.8. The quantitative estimate of drug-likeness (QED) is 0.572. The number of hydrogen-bond donors (Lipinski definition) is 0. The molecular formula is C28H35NO7. The summed E-state index contributed by atoms with van der Waals surface area (Å²) in [5.41, 5.74) is 0.193. The molecule has 4 aliphatic heterocycles. The normalized spacial score (nSPS) is 33.8. The predicted molar refractivity (Wildman–Crippen MR) is 130 cm³/mol. The summed E-state index contributed by atoms with van der Waals surface area (Å²) >= 11 is 0. The van der Waals surface area contributed by atoms with Gasteiger partial charge in [0.05, 0.1) is 37.7 Å². The van der Waals surface area contributed by atoms with Gasteiger partial charge in [-0.3, -0.25) is 14.5 Å². The van der Waals surface area contributed by atoms with E-state index in [9.17, 15) is 9.59 Å². The van der Waals surface area contributed by atoms with Gasteiger partial charge in [0.1, 0.15) is 11.4 Å². The fourth-order valence-corrected chi connectivity index (χ4v) is 7.42. The third kappa shape index (κ3) is 3.40. The number of fused-ring (bicyclic) bond motifs is 3. The second-order valence-electron chi connectivity index (χ2n) is 11.4. The Balaban J connectivity index is 1.50. The van der Waals surface area contributed by atoms with Crippen molar-refractivity contribution in [3.8, 4) is 11.5 Å². The topological polar surface area (TPSA) is 83.5 Å². The summed E-state index contributed by atoms with van der Waals surface area (Å²) in [5.74, 6) is 0.862. The van der Waals surface area contributed by atoms with Gasteiger partial charge in [0.2, 0.25) is 6.79 Å². The molecule has 194 valence electrons. The zero-order valence-electron chi connectivity index (χ0n) is 21.6. The van der Waals surface area contributed by atoms with Crippen molar-refractivity contribution in [2.75, 3.05) is 34.1 Å². The lowest BCUT2D eigenvalue weighted by atomic mass is 9.70. The zero-order chi connectivity index (χ0) is 25.3. The van der Waals surface area contributed by atoms with Gasteiger partial charge in [0, 0.05) is 12.5 Å². The Morgan fingerprint density at radius 1 is 1.08 bits per heavy atom. The summed E-state index contributed by atoms with van der Waals surface area (Å²) in [6, 6.07) is 4.16. The minimum atomic E-state index is -1.25. The van der Waals surface area contributed by atoms with Gasteiger partial charge in [-0.2, -0.15) is 0 Å². The van der Waals surface area contributed by atoms with Crippen molar-refractivity contribution in [3.63, 3.8) is 0 Å². The number of ether oxygens (including phenoxy) is 5. The van der Waals surface area contributed by atoms with Crippen LogP contribution in [0.25, 0.3) is 0 Å². The number of Topliss-reactive ketones (excluding diaryl/α,β-unsaturated/α-hetero) is 1. The van der Waals surface area contributed by atoms with Crippen LogP contribution in [0.1, 0.15) is 63.0 Å². The van der Waals surface area contributed by atoms with Gasteiger partial charge in [-0.15, -0.1) is 0 Å². The molecule has 0 unspecified atom stereocenters. The van der Waals surface area contributed by atoms with Crippen LogP contribution in [0, 0.1) is 5.92 Å². The fraction of sp³-hybridized carbons (Fsp3) is 0.643. The molecule has 1 aromatic carbocycles. The van der Waals surface area contributed by atoms with E-state index >= 15 is 0 Å². The summed E-state index contributed by atoms with van der Waals surface area (Å²) in [5, 5.41) is 0. The van der Waals surface area contributed by atoms with Crippen LogP contribution in [0.5, 0.6) is 11.5 Å². The monoisotopic (exact) mass is 497 g/mol. The van der Waals surface area contributed by atoms with Crippen molar-refractivity contribution in [2.24, 2.45) is 5.92 Å². The van der Waals surface area contributed by atoms with Gasteiger partial charge < -0.3 is 23.7 Å². The second-order valence-corrected chi connectivity index (χ2v) is 11.4. The van der Waals surface area contributed by atoms with E-state index in [0.717, 1.165) is 49.4 Å². The number of benzene rings is 1. The number of esters is 1. The Morgan fingerprint density at radius 2 is 1.86 bits per heavy atom. The Hall–Kier alpha value is -2.58. The second kappa shape index (κ2) is 8.21. The molecule has 6 rings (SSSR count). The van der Waals surface area contributed by atoms with Crippen molar-refractivity contribution in [1.82, 2.24) is 4.90 Å². The smallest absolute Gasteiger partial charge is 0.308 e. The van der Waals surface area contributed by atoms with Crippen molar-refractivity contribution >= 4 is 11.8 Å². The molecule has 4 heterocycles. The summed E-state index contributed by atoms with van der Waals surface area (Å²) in [6.07, 6.45) is 6.12. The summed E-state index contributed by atoms with van der Waals surface area (Å²) in [7, 11) is 2.99. The van der Waals surface area contributed by atoms with Crippen molar-refractivity contribution in [3.05, 3.63) is 35.1 Å². The van der Waals surface area contributed by atoms with E-state index in [-0.39, 0.29) is 30.5 Å². The van der Waals surface area contributed by atoms with Crippen LogP contribution in [0.3, 0.4) is 0 Å². The minimum absolute atomic E-state index is 0.0918. The zero-order valence-corrected chi connectivity index (χ0v) is 21.6. The predicted octanol–water partition coefficient (Wildman–Crippen LogP) is 3.51. The first-order chi connectivity index (χ1) is 17.2. The number of carbonyl (C=O) groups is 2. The SMILES string of the molecule is COC(=O)C[C@@]1(C(=O)[C@@H]2C(OC)=C[C@]34CCCN3CCc3cc5c(cc3[C@H]24)OCO5)CCC(C)(C)O1. The third-order valence-electron chi connectivity index (χ3n) is 9.01. The van der Waals surface area contributed by atoms with Crippen molar-refractivity contribution in [2.45, 2.75) is 75.0 Å². The first kappa shape index (κ1) is 23.8. The molecule has 5 aliphatic rings. The highest BCUT2D eigenvalue weighted by molar-refractivity contribution is 5.96. The molecule has 2 saturated heterocycles. The number of ketones is 1. The van der Waals surface area contributed by atoms with Crippen LogP contribution in [-0.4, -0.2) is 67.5 Å². The van der Waals surface area contributed by atoms with Crippen LogP contribution in [0.2, 0.25) is 0 Å². The minimum Gasteiger partial charge on any atom is -0.501 e. The highest BCUT2D eigenvalue weighted by atomic mass is 16.7. The summed E-state index contributed by atoms with van der Waals surface area (Å²) < 4.78 is 28.9. The number of nitrogens with zero attached hydrogens (tertiary/aromatic N) is 1. The number of methoxy groups -OCH3 is 2. The Labute approximate surface area is 211 Å². The van der Waals surface area contributed by atoms with E-state index in [1.54, 1.807) is 7.11 Å². The van der Waals surface area contributed by atoms with Gasteiger partial charge in [-0.1, -0.05) is 0 Å². The lowest BCUT2D eigenvalue weighted by Gasteiger charge is -2.41. The van der Waals surface area contributed by atoms with E-state index < -0.39 is 23.1 Å². The van der Waals surface area contributed by atoms with E-state index in [2.05, 4.69) is 23.1 Å². The lowest BCUT2D eigenvalue weighted by molar-refractivity contribution is -0.166. The van der Waals surface area contributed by atoms with Gasteiger partial charge in [-0.25, -0.2) is 0 Å². The summed E-state index contributed by atoms with van der Waals surface area (Å²) in [6.45, 7) is 6.03. The third-order valence-corrected chi connectivity index (χ3v) is 9.01. The number of hydrogen-bond acceptors (Lipinski definition) is 8. The molecular weight excluding hydrogens is 462 g/mol. The van der Waals surface area contributed by atoms with Crippen LogP contribution >= 0.6 is 0 Å². The molecule has 8 heteroatoms. The Kier molecular flexibility index (Phi) is 5.43. The highest BCUT2D eigenvalue weighted by Crippen LogP contribution is 2.59. The molecule has 0 N–H and O–H groups in total. The molecule has 1 aromatic rings. The maximum absolute atomic E-state index is 14.7. The molecule has 8 nitrogen and oxygen atoms in total. The molecule has 0 saturated carbocycles. The molecule has 1 aliphatic carbocycles. The van der Waals surface area contributed by atoms with E-state index in [1.807, 2.05) is 13.8 Å². The first-order valence-corrected chi connectivity index (χ1v) is 13.0. The van der Waals surface area contributed by atoms with Crippen LogP contribution < -0.4 is 9.47 Å². The molecule has 0 amide bonds. The Morgan fingerprint density at radius 3 is 2.56 bits per heavy atom. The fourth-order valence-electron chi connectivity index (χ4n) is 7.42. The number of carbonyl (C=O) groups excluding carboxylic acids is 2. The van der Waals surface area contributed by atoms with Crippen molar-refractivity contribution < 1.29 is 33.3 Å². The molecule has 36 heavy (non-hydrogen) atoms. The Bertz CT molecular complexity index is 1140. The highest BCUT2D eigenvalue weighted by Gasteiger charge is 2.63. The van der Waals surface area contributed by atoms with E-state index in [4.69, 9.17) is 23.7 Å². The molecule has 1 spiro atoms. The lowest BCUT2D eigenvalue weighted by Crippen LogP contribution is -2.51. The first-order valence-electron chi connectivity index (χ1n) is 13.0. The van der Waals surface area contributed by atoms with Gasteiger partial charge in [-0.05, 0) is 81.8 Å². The maximum Gasteiger partial charge on any atom is 0.308 e. The molecule has 0 radical (unpaired) electrons. The average Bonchev–Trinajstić information content (AvgIpc) is 3.60. The maximum atomic E-state index is 14.7. The molecule has 0 bridgehead atoms. The molecule has 4 atom stereocenters. The number of rotatable bonds is 5. The van der Waals surface area contributed by atoms with Gasteiger partial charge in [0.15, 0.2) is 17.3 Å². The molecule has 0 aromatic heterocycles. The van der Waals surface area contributed by atoms with E-state index in [1.165, 1.54) is 12.7 Å². The average molecular weight is 498 g/mol. The standard InChI is InChI=1S/C28H35NO7/c1-26(2)8-9-28(36-26,15-22(30)33-4)25(31)23-21(32-3)14-27-7-5-10-29(27)11-6-17-12-19-20(35-16-34-19)13-18(17)24(23)27/h12-14,23-24H,5-11,15-16H2,1-4H3/t23-,24-,27+,28-/m1/s1. The van der Waals surface area contributed by atoms with Gasteiger partial charge >= 0.3 is 5.97 Å². The van der Waals surface area contributed by atoms with E-state index in [0.29, 0.717) is 18.6 Å².